The first-order valence-corrected chi connectivity index (χ1v) is 9.20. The van der Waals surface area contributed by atoms with Gasteiger partial charge in [-0.2, -0.15) is 0 Å². The molecule has 1 aliphatic carbocycles. The first-order valence-electron chi connectivity index (χ1n) is 7.65. The zero-order valence-corrected chi connectivity index (χ0v) is 14.0. The first kappa shape index (κ1) is 16.4. The summed E-state index contributed by atoms with van der Waals surface area (Å²) >= 11 is 0. The lowest BCUT2D eigenvalue weighted by Crippen LogP contribution is -2.37. The minimum Gasteiger partial charge on any atom is -0.344 e. The molecular weight excluding hydrogens is 324 g/mol. The molecule has 3 rings (SSSR count). The number of rotatable bonds is 4. The summed E-state index contributed by atoms with van der Waals surface area (Å²) in [5.74, 6) is -1.09. The van der Waals surface area contributed by atoms with Crippen LogP contribution in [0.5, 0.6) is 0 Å². The smallest absolute Gasteiger partial charge is 0.313 e. The van der Waals surface area contributed by atoms with E-state index >= 15 is 0 Å². The van der Waals surface area contributed by atoms with Crippen molar-refractivity contribution in [3.63, 3.8) is 0 Å². The van der Waals surface area contributed by atoms with Crippen molar-refractivity contribution < 1.29 is 13.8 Å². The zero-order chi connectivity index (χ0) is 17.1. The summed E-state index contributed by atoms with van der Waals surface area (Å²) in [5.41, 5.74) is 1.62. The second-order valence-electron chi connectivity index (χ2n) is 5.77. The normalized spacial score (nSPS) is 20.0. The van der Waals surface area contributed by atoms with Crippen LogP contribution in [0.4, 0.5) is 5.69 Å². The summed E-state index contributed by atoms with van der Waals surface area (Å²) in [6, 6.07) is 16.6. The first-order chi connectivity index (χ1) is 11.5. The highest BCUT2D eigenvalue weighted by atomic mass is 32.2. The molecule has 1 aliphatic rings. The van der Waals surface area contributed by atoms with E-state index in [9.17, 15) is 13.8 Å². The maximum Gasteiger partial charge on any atom is 0.313 e. The summed E-state index contributed by atoms with van der Waals surface area (Å²) < 4.78 is 11.5. The van der Waals surface area contributed by atoms with E-state index in [1.54, 1.807) is 30.5 Å². The van der Waals surface area contributed by atoms with Gasteiger partial charge in [-0.15, -0.1) is 0 Å². The van der Waals surface area contributed by atoms with E-state index in [0.717, 1.165) is 6.42 Å². The number of benzene rings is 2. The second kappa shape index (κ2) is 6.97. The molecule has 1 saturated carbocycles. The lowest BCUT2D eigenvalue weighted by atomic mass is 10.1. The predicted molar refractivity (Wildman–Crippen MR) is 93.1 cm³/mol. The maximum atomic E-state index is 12.0. The van der Waals surface area contributed by atoms with Gasteiger partial charge in [0.25, 0.3) is 0 Å². The van der Waals surface area contributed by atoms with E-state index in [2.05, 4.69) is 10.6 Å². The van der Waals surface area contributed by atoms with E-state index in [-0.39, 0.29) is 12.0 Å². The molecule has 0 unspecified atom stereocenters. The van der Waals surface area contributed by atoms with Gasteiger partial charge in [0, 0.05) is 39.6 Å². The molecule has 0 aromatic heterocycles. The van der Waals surface area contributed by atoms with Crippen molar-refractivity contribution in [3.8, 4) is 0 Å². The van der Waals surface area contributed by atoms with Crippen LogP contribution in [0.1, 0.15) is 17.9 Å². The van der Waals surface area contributed by atoms with E-state index in [4.69, 9.17) is 0 Å². The third-order valence-corrected chi connectivity index (χ3v) is 4.88. The molecule has 5 nitrogen and oxygen atoms in total. The Morgan fingerprint density at radius 3 is 2.50 bits per heavy atom. The highest BCUT2D eigenvalue weighted by Gasteiger charge is 2.40. The Morgan fingerprint density at radius 1 is 1.04 bits per heavy atom. The van der Waals surface area contributed by atoms with Crippen LogP contribution < -0.4 is 10.6 Å². The van der Waals surface area contributed by atoms with Crippen LogP contribution in [0.25, 0.3) is 0 Å². The molecule has 6 heteroatoms. The average molecular weight is 342 g/mol. The monoisotopic (exact) mass is 342 g/mol. The largest absolute Gasteiger partial charge is 0.344 e. The number of hydrogen-bond acceptors (Lipinski definition) is 3. The Kier molecular flexibility index (Phi) is 4.76. The number of amides is 2. The fraction of sp³-hybridized carbons (Fsp3) is 0.222. The summed E-state index contributed by atoms with van der Waals surface area (Å²) in [6.07, 6.45) is 2.40. The molecule has 2 N–H and O–H groups in total. The van der Waals surface area contributed by atoms with Crippen LogP contribution in [0, 0.1) is 0 Å². The van der Waals surface area contributed by atoms with Crippen molar-refractivity contribution in [2.75, 3.05) is 11.6 Å². The molecule has 0 saturated heterocycles. The van der Waals surface area contributed by atoms with Crippen LogP contribution in [0.3, 0.4) is 0 Å². The average Bonchev–Trinajstić information content (AvgIpc) is 3.35. The van der Waals surface area contributed by atoms with Crippen molar-refractivity contribution in [1.29, 1.82) is 0 Å². The summed E-state index contributed by atoms with van der Waals surface area (Å²) in [4.78, 5) is 24.6. The number of carbonyl (C=O) groups excluding carboxylic acids is 2. The quantitative estimate of drug-likeness (QED) is 0.835. The SMILES string of the molecule is C[S@](=O)c1cccc(NC(=O)C(=O)N[C@H]2C[C@H]2c2ccccc2)c1. The summed E-state index contributed by atoms with van der Waals surface area (Å²) in [6.45, 7) is 0. The molecule has 0 radical (unpaired) electrons. The summed E-state index contributed by atoms with van der Waals surface area (Å²) in [7, 11) is -1.14. The maximum absolute atomic E-state index is 12.0. The highest BCUT2D eigenvalue weighted by molar-refractivity contribution is 7.84. The Labute approximate surface area is 142 Å². The minimum atomic E-state index is -1.14. The second-order valence-corrected chi connectivity index (χ2v) is 7.15. The Bertz CT molecular complexity index is 792. The van der Waals surface area contributed by atoms with Gasteiger partial charge in [-0.1, -0.05) is 36.4 Å². The van der Waals surface area contributed by atoms with Gasteiger partial charge < -0.3 is 10.6 Å². The molecule has 2 aromatic rings. The number of hydrogen-bond donors (Lipinski definition) is 2. The zero-order valence-electron chi connectivity index (χ0n) is 13.2. The minimum absolute atomic E-state index is 0.000120. The van der Waals surface area contributed by atoms with Crippen LogP contribution in [0.15, 0.2) is 59.5 Å². The lowest BCUT2D eigenvalue weighted by Gasteiger charge is -2.07. The molecule has 124 valence electrons. The Morgan fingerprint density at radius 2 is 1.79 bits per heavy atom. The van der Waals surface area contributed by atoms with Crippen LogP contribution in [0.2, 0.25) is 0 Å². The van der Waals surface area contributed by atoms with Gasteiger partial charge in [-0.3, -0.25) is 13.8 Å². The molecule has 3 atom stereocenters. The molecule has 0 aliphatic heterocycles. The summed E-state index contributed by atoms with van der Waals surface area (Å²) in [5, 5.41) is 5.29. The fourth-order valence-corrected chi connectivity index (χ4v) is 3.16. The van der Waals surface area contributed by atoms with Crippen LogP contribution in [-0.2, 0) is 20.4 Å². The van der Waals surface area contributed by atoms with Crippen molar-refractivity contribution in [2.45, 2.75) is 23.3 Å². The van der Waals surface area contributed by atoms with E-state index < -0.39 is 22.6 Å². The van der Waals surface area contributed by atoms with Gasteiger partial charge in [0.05, 0.1) is 0 Å². The third-order valence-electron chi connectivity index (χ3n) is 3.96. The van der Waals surface area contributed by atoms with Crippen LogP contribution in [-0.4, -0.2) is 28.3 Å². The molecule has 0 spiro atoms. The fourth-order valence-electron chi connectivity index (χ4n) is 2.60. The highest BCUT2D eigenvalue weighted by Crippen LogP contribution is 2.40. The van der Waals surface area contributed by atoms with Crippen molar-refractivity contribution in [3.05, 3.63) is 60.2 Å². The number of carbonyl (C=O) groups is 2. The molecular formula is C18H18N2O3S. The standard InChI is InChI=1S/C18H18N2O3S/c1-24(23)14-9-5-8-13(10-14)19-17(21)18(22)20-16-11-15(16)12-6-3-2-4-7-12/h2-10,15-16H,11H2,1H3,(H,19,21)(H,20,22)/t15-,16-,24-/m0/s1. The molecule has 2 aromatic carbocycles. The van der Waals surface area contributed by atoms with E-state index in [0.29, 0.717) is 10.6 Å². The van der Waals surface area contributed by atoms with Gasteiger partial charge in [-0.05, 0) is 30.2 Å². The van der Waals surface area contributed by atoms with Crippen molar-refractivity contribution in [2.24, 2.45) is 0 Å². The predicted octanol–water partition coefficient (Wildman–Crippen LogP) is 2.03. The van der Waals surface area contributed by atoms with Crippen molar-refractivity contribution in [1.82, 2.24) is 5.32 Å². The van der Waals surface area contributed by atoms with Crippen LogP contribution >= 0.6 is 0 Å². The van der Waals surface area contributed by atoms with Gasteiger partial charge in [-0.25, -0.2) is 0 Å². The number of nitrogens with one attached hydrogen (secondary N) is 2. The number of anilines is 1. The topological polar surface area (TPSA) is 75.3 Å². The van der Waals surface area contributed by atoms with Crippen molar-refractivity contribution >= 4 is 28.3 Å². The molecule has 1 fully saturated rings. The molecule has 24 heavy (non-hydrogen) atoms. The third kappa shape index (κ3) is 3.89. The van der Waals surface area contributed by atoms with Gasteiger partial charge in [0.2, 0.25) is 0 Å². The Balaban J connectivity index is 1.55. The Hall–Kier alpha value is -2.47. The van der Waals surface area contributed by atoms with E-state index in [1.807, 2.05) is 30.3 Å². The molecule has 2 amide bonds. The van der Waals surface area contributed by atoms with Gasteiger partial charge >= 0.3 is 11.8 Å². The lowest BCUT2D eigenvalue weighted by molar-refractivity contribution is -0.136. The molecule has 0 bridgehead atoms. The van der Waals surface area contributed by atoms with Gasteiger partial charge in [0.1, 0.15) is 0 Å². The van der Waals surface area contributed by atoms with Gasteiger partial charge in [0.15, 0.2) is 0 Å². The van der Waals surface area contributed by atoms with E-state index in [1.165, 1.54) is 5.56 Å². The molecule has 0 heterocycles.